The van der Waals surface area contributed by atoms with Crippen molar-refractivity contribution in [1.82, 2.24) is 5.32 Å². The van der Waals surface area contributed by atoms with Crippen LogP contribution >= 0.6 is 0 Å². The molecule has 5 nitrogen and oxygen atoms in total. The molecule has 0 heterocycles. The summed E-state index contributed by atoms with van der Waals surface area (Å²) in [5, 5.41) is 2.53. The fourth-order valence-electron chi connectivity index (χ4n) is 1.39. The third-order valence-electron chi connectivity index (χ3n) is 2.04. The van der Waals surface area contributed by atoms with E-state index in [1.165, 1.54) is 6.07 Å². The third kappa shape index (κ3) is 4.14. The second-order valence-electron chi connectivity index (χ2n) is 3.66. The average Bonchev–Trinajstić information content (AvgIpc) is 2.25. The molecule has 0 saturated carbocycles. The van der Waals surface area contributed by atoms with Gasteiger partial charge in [-0.2, -0.15) is 0 Å². The van der Waals surface area contributed by atoms with Crippen molar-refractivity contribution in [2.45, 2.75) is 13.8 Å². The number of aryl methyl sites for hydroxylation is 1. The number of carbonyl (C=O) groups is 2. The van der Waals surface area contributed by atoms with Gasteiger partial charge >= 0.3 is 5.97 Å². The van der Waals surface area contributed by atoms with E-state index in [9.17, 15) is 9.59 Å². The van der Waals surface area contributed by atoms with Crippen LogP contribution in [0.5, 0.6) is 0 Å². The minimum absolute atomic E-state index is 0.277. The number of esters is 1. The van der Waals surface area contributed by atoms with E-state index in [1.54, 1.807) is 19.1 Å². The predicted molar refractivity (Wildman–Crippen MR) is 64.6 cm³/mol. The van der Waals surface area contributed by atoms with Gasteiger partial charge in [0, 0.05) is 12.2 Å². The van der Waals surface area contributed by atoms with E-state index in [4.69, 9.17) is 10.5 Å². The summed E-state index contributed by atoms with van der Waals surface area (Å²) in [6.45, 7) is 3.85. The van der Waals surface area contributed by atoms with Crippen LogP contribution in [0.1, 0.15) is 22.8 Å². The van der Waals surface area contributed by atoms with Crippen LogP contribution in [0.4, 0.5) is 5.69 Å². The molecular formula is C12H16N2O3. The van der Waals surface area contributed by atoms with Crippen molar-refractivity contribution in [2.75, 3.05) is 18.9 Å². The van der Waals surface area contributed by atoms with E-state index in [-0.39, 0.29) is 12.5 Å². The number of amides is 1. The first kappa shape index (κ1) is 13.0. The molecule has 0 unspecified atom stereocenters. The number of rotatable bonds is 4. The second kappa shape index (κ2) is 5.89. The lowest BCUT2D eigenvalue weighted by Crippen LogP contribution is -2.28. The number of likely N-dealkylation sites (N-methyl/N-ethyl adjacent to an activating group) is 1. The van der Waals surface area contributed by atoms with Crippen molar-refractivity contribution in [3.8, 4) is 0 Å². The van der Waals surface area contributed by atoms with E-state index >= 15 is 0 Å². The summed E-state index contributed by atoms with van der Waals surface area (Å²) in [4.78, 5) is 22.7. The number of ether oxygens (including phenoxy) is 1. The van der Waals surface area contributed by atoms with Gasteiger partial charge in [0.05, 0.1) is 5.56 Å². The van der Waals surface area contributed by atoms with Crippen LogP contribution in [-0.2, 0) is 9.53 Å². The van der Waals surface area contributed by atoms with Gasteiger partial charge < -0.3 is 15.8 Å². The van der Waals surface area contributed by atoms with Gasteiger partial charge in [-0.05, 0) is 37.6 Å². The molecule has 1 aromatic rings. The van der Waals surface area contributed by atoms with Crippen molar-refractivity contribution >= 4 is 17.6 Å². The molecule has 92 valence electrons. The normalized spacial score (nSPS) is 9.76. The number of carbonyl (C=O) groups excluding carboxylic acids is 2. The Kier molecular flexibility index (Phi) is 4.51. The summed E-state index contributed by atoms with van der Waals surface area (Å²) in [6, 6.07) is 4.93. The number of hydrogen-bond donors (Lipinski definition) is 2. The topological polar surface area (TPSA) is 81.4 Å². The molecule has 0 fully saturated rings. The zero-order chi connectivity index (χ0) is 12.8. The summed E-state index contributed by atoms with van der Waals surface area (Å²) >= 11 is 0. The lowest BCUT2D eigenvalue weighted by atomic mass is 10.1. The molecule has 1 amide bonds. The fraction of sp³-hybridized carbons (Fsp3) is 0.333. The molecule has 1 aromatic carbocycles. The van der Waals surface area contributed by atoms with Gasteiger partial charge in [-0.1, -0.05) is 0 Å². The summed E-state index contributed by atoms with van der Waals surface area (Å²) < 4.78 is 4.85. The zero-order valence-electron chi connectivity index (χ0n) is 9.95. The molecule has 17 heavy (non-hydrogen) atoms. The standard InChI is InChI=1S/C12H16N2O3/c1-3-14-11(15)7-17-12(16)9-4-8(2)5-10(13)6-9/h4-6H,3,7,13H2,1-2H3,(H,14,15). The monoisotopic (exact) mass is 236 g/mol. The van der Waals surface area contributed by atoms with Crippen molar-refractivity contribution in [1.29, 1.82) is 0 Å². The van der Waals surface area contributed by atoms with Crippen molar-refractivity contribution in [2.24, 2.45) is 0 Å². The average molecular weight is 236 g/mol. The van der Waals surface area contributed by atoms with Crippen molar-refractivity contribution < 1.29 is 14.3 Å². The Morgan fingerprint density at radius 1 is 1.35 bits per heavy atom. The Hall–Kier alpha value is -2.04. The van der Waals surface area contributed by atoms with Gasteiger partial charge in [0.1, 0.15) is 0 Å². The molecule has 5 heteroatoms. The van der Waals surface area contributed by atoms with E-state index in [0.717, 1.165) is 5.56 Å². The number of nitrogens with two attached hydrogens (primary N) is 1. The quantitative estimate of drug-likeness (QED) is 0.600. The highest BCUT2D eigenvalue weighted by Gasteiger charge is 2.10. The first-order valence-corrected chi connectivity index (χ1v) is 5.34. The van der Waals surface area contributed by atoms with Gasteiger partial charge in [0.25, 0.3) is 5.91 Å². The SMILES string of the molecule is CCNC(=O)COC(=O)c1cc(C)cc(N)c1. The Morgan fingerprint density at radius 3 is 2.65 bits per heavy atom. The van der Waals surface area contributed by atoms with Gasteiger partial charge in [-0.25, -0.2) is 4.79 Å². The zero-order valence-corrected chi connectivity index (χ0v) is 9.95. The fourth-order valence-corrected chi connectivity index (χ4v) is 1.39. The largest absolute Gasteiger partial charge is 0.452 e. The van der Waals surface area contributed by atoms with Crippen LogP contribution in [0.25, 0.3) is 0 Å². The Morgan fingerprint density at radius 2 is 2.06 bits per heavy atom. The molecule has 0 saturated heterocycles. The Labute approximate surface area is 99.9 Å². The van der Waals surface area contributed by atoms with Crippen LogP contribution < -0.4 is 11.1 Å². The second-order valence-corrected chi connectivity index (χ2v) is 3.66. The van der Waals surface area contributed by atoms with Gasteiger partial charge in [-0.15, -0.1) is 0 Å². The molecule has 0 spiro atoms. The Bertz CT molecular complexity index is 410. The van der Waals surface area contributed by atoms with Gasteiger partial charge in [-0.3, -0.25) is 4.79 Å². The summed E-state index contributed by atoms with van der Waals surface area (Å²) in [5.41, 5.74) is 7.33. The number of nitrogens with one attached hydrogen (secondary N) is 1. The predicted octanol–water partition coefficient (Wildman–Crippen LogP) is 0.870. The van der Waals surface area contributed by atoms with Crippen LogP contribution in [0.15, 0.2) is 18.2 Å². The molecule has 0 atom stereocenters. The summed E-state index contributed by atoms with van der Waals surface area (Å²) in [7, 11) is 0. The molecule has 3 N–H and O–H groups in total. The maximum atomic E-state index is 11.6. The van der Waals surface area contributed by atoms with Gasteiger partial charge in [0.2, 0.25) is 0 Å². The number of anilines is 1. The highest BCUT2D eigenvalue weighted by molar-refractivity contribution is 5.92. The highest BCUT2D eigenvalue weighted by Crippen LogP contribution is 2.12. The minimum Gasteiger partial charge on any atom is -0.452 e. The van der Waals surface area contributed by atoms with Crippen LogP contribution in [0.3, 0.4) is 0 Å². The van der Waals surface area contributed by atoms with E-state index in [1.807, 2.05) is 6.92 Å². The molecule has 0 aromatic heterocycles. The maximum Gasteiger partial charge on any atom is 0.338 e. The number of hydrogen-bond acceptors (Lipinski definition) is 4. The van der Waals surface area contributed by atoms with E-state index in [0.29, 0.717) is 17.8 Å². The lowest BCUT2D eigenvalue weighted by Gasteiger charge is -2.06. The van der Waals surface area contributed by atoms with Crippen molar-refractivity contribution in [3.63, 3.8) is 0 Å². The molecular weight excluding hydrogens is 220 g/mol. The molecule has 0 radical (unpaired) electrons. The van der Waals surface area contributed by atoms with E-state index in [2.05, 4.69) is 5.32 Å². The molecule has 0 aliphatic carbocycles. The first-order chi connectivity index (χ1) is 8.02. The summed E-state index contributed by atoms with van der Waals surface area (Å²) in [6.07, 6.45) is 0. The number of benzene rings is 1. The number of nitrogen functional groups attached to an aromatic ring is 1. The minimum atomic E-state index is -0.549. The first-order valence-electron chi connectivity index (χ1n) is 5.34. The highest BCUT2D eigenvalue weighted by atomic mass is 16.5. The van der Waals surface area contributed by atoms with Crippen molar-refractivity contribution in [3.05, 3.63) is 29.3 Å². The smallest absolute Gasteiger partial charge is 0.338 e. The molecule has 0 aliphatic heterocycles. The summed E-state index contributed by atoms with van der Waals surface area (Å²) in [5.74, 6) is -0.867. The van der Waals surface area contributed by atoms with E-state index < -0.39 is 5.97 Å². The lowest BCUT2D eigenvalue weighted by molar-refractivity contribution is -0.124. The van der Waals surface area contributed by atoms with Crippen LogP contribution in [-0.4, -0.2) is 25.0 Å². The van der Waals surface area contributed by atoms with Crippen LogP contribution in [0, 0.1) is 6.92 Å². The van der Waals surface area contributed by atoms with Gasteiger partial charge in [0.15, 0.2) is 6.61 Å². The van der Waals surface area contributed by atoms with Crippen LogP contribution in [0.2, 0.25) is 0 Å². The Balaban J connectivity index is 2.61. The maximum absolute atomic E-state index is 11.6. The molecule has 1 rings (SSSR count). The molecule has 0 aliphatic rings. The molecule has 0 bridgehead atoms. The third-order valence-corrected chi connectivity index (χ3v) is 2.04.